The number of aryl methyl sites for hydroxylation is 4. The zero-order valence-electron chi connectivity index (χ0n) is 14.4. The quantitative estimate of drug-likeness (QED) is 0.360. The predicted molar refractivity (Wildman–Crippen MR) is 97.8 cm³/mol. The van der Waals surface area contributed by atoms with Crippen molar-refractivity contribution < 1.29 is 20.1 Å². The van der Waals surface area contributed by atoms with Gasteiger partial charge in [-0.3, -0.25) is 14.6 Å². The summed E-state index contributed by atoms with van der Waals surface area (Å²) in [6.45, 7) is 8.35. The first kappa shape index (κ1) is 17.9. The normalized spacial score (nSPS) is 10.9. The molecule has 0 fully saturated rings. The summed E-state index contributed by atoms with van der Waals surface area (Å²) < 4.78 is 3.05. The molecule has 0 saturated heterocycles. The number of hydrogen-bond acceptors (Lipinski definition) is 4. The Kier molecular flexibility index (Phi) is 4.87. The van der Waals surface area contributed by atoms with Gasteiger partial charge < -0.3 is 0 Å². The van der Waals surface area contributed by atoms with Crippen molar-refractivity contribution >= 4 is 21.6 Å². The van der Waals surface area contributed by atoms with Gasteiger partial charge in [0.25, 0.3) is 0 Å². The minimum atomic E-state index is 0. The van der Waals surface area contributed by atoms with Gasteiger partial charge in [0.2, 0.25) is 0 Å². The van der Waals surface area contributed by atoms with Crippen molar-refractivity contribution in [2.24, 2.45) is 0 Å². The van der Waals surface area contributed by atoms with Crippen molar-refractivity contribution in [3.63, 3.8) is 0 Å². The molecule has 0 spiro atoms. The Morgan fingerprint density at radius 3 is 2.52 bits per heavy atom. The van der Waals surface area contributed by atoms with Crippen LogP contribution >= 0.6 is 11.3 Å². The van der Waals surface area contributed by atoms with Gasteiger partial charge >= 0.3 is 0 Å². The van der Waals surface area contributed by atoms with E-state index in [1.54, 1.807) is 17.7 Å². The smallest absolute Gasteiger partial charge is 0.127 e. The van der Waals surface area contributed by atoms with E-state index in [0.29, 0.717) is 0 Å². The molecule has 4 aromatic rings. The zero-order valence-corrected chi connectivity index (χ0v) is 17.6. The molecule has 1 radical (unpaired) electrons. The van der Waals surface area contributed by atoms with Crippen molar-refractivity contribution in [3.8, 4) is 17.1 Å². The molecule has 0 amide bonds. The number of nitrogens with zero attached hydrogens (tertiary/aromatic N) is 4. The number of aromatic nitrogens is 4. The number of thiazole rings is 1. The van der Waals surface area contributed by atoms with Crippen LogP contribution in [0.25, 0.3) is 27.3 Å². The number of benzene rings is 2. The first-order valence-corrected chi connectivity index (χ1v) is 8.62. The molecule has 0 aliphatic heterocycles. The van der Waals surface area contributed by atoms with Crippen LogP contribution in [0, 0.1) is 33.8 Å². The Bertz CT molecular complexity index is 1040. The van der Waals surface area contributed by atoms with Crippen molar-refractivity contribution in [1.29, 1.82) is 0 Å². The van der Waals surface area contributed by atoms with E-state index in [0.717, 1.165) is 32.3 Å². The van der Waals surface area contributed by atoms with E-state index in [1.165, 1.54) is 16.7 Å². The maximum absolute atomic E-state index is 4.67. The van der Waals surface area contributed by atoms with Gasteiger partial charge in [-0.05, 0) is 43.5 Å². The van der Waals surface area contributed by atoms with Crippen LogP contribution in [0.3, 0.4) is 0 Å². The molecule has 0 bridgehead atoms. The third-order valence-corrected chi connectivity index (χ3v) is 5.01. The summed E-state index contributed by atoms with van der Waals surface area (Å²) in [4.78, 5) is 9.18. The van der Waals surface area contributed by atoms with Gasteiger partial charge in [0.15, 0.2) is 0 Å². The second kappa shape index (κ2) is 6.79. The Morgan fingerprint density at radius 2 is 1.80 bits per heavy atom. The molecule has 0 N–H and O–H groups in total. The van der Waals surface area contributed by atoms with Crippen LogP contribution in [0.15, 0.2) is 30.6 Å². The fraction of sp³-hybridized carbons (Fsp3) is 0.211. The van der Waals surface area contributed by atoms with E-state index in [4.69, 9.17) is 0 Å². The summed E-state index contributed by atoms with van der Waals surface area (Å²) in [5, 5.41) is 5.53. The molecule has 0 saturated carbocycles. The van der Waals surface area contributed by atoms with E-state index in [-0.39, 0.29) is 20.1 Å². The van der Waals surface area contributed by atoms with Gasteiger partial charge in [-0.15, -0.1) is 29.5 Å². The minimum absolute atomic E-state index is 0. The van der Waals surface area contributed by atoms with Gasteiger partial charge in [0, 0.05) is 25.6 Å². The average molecular weight is 526 g/mol. The molecule has 0 aliphatic carbocycles. The second-order valence-electron chi connectivity index (χ2n) is 6.04. The Hall–Kier alpha value is -1.88. The Morgan fingerprint density at radius 1 is 1.08 bits per heavy atom. The van der Waals surface area contributed by atoms with Gasteiger partial charge in [0.05, 0.1) is 16.5 Å². The van der Waals surface area contributed by atoms with Crippen LogP contribution in [0.1, 0.15) is 21.7 Å². The van der Waals surface area contributed by atoms with E-state index in [9.17, 15) is 0 Å². The summed E-state index contributed by atoms with van der Waals surface area (Å²) in [7, 11) is 0. The molecule has 2 heterocycles. The first-order chi connectivity index (χ1) is 11.5. The van der Waals surface area contributed by atoms with Gasteiger partial charge in [-0.1, -0.05) is 23.3 Å². The summed E-state index contributed by atoms with van der Waals surface area (Å²) in [5.41, 5.74) is 6.52. The fourth-order valence-corrected chi connectivity index (χ4v) is 4.09. The number of rotatable bonds is 2. The van der Waals surface area contributed by atoms with E-state index >= 15 is 0 Å². The van der Waals surface area contributed by atoms with E-state index in [2.05, 4.69) is 54.0 Å². The fourth-order valence-electron chi connectivity index (χ4n) is 3.26. The van der Waals surface area contributed by atoms with Crippen molar-refractivity contribution in [2.45, 2.75) is 27.7 Å². The molecule has 129 valence electrons. The number of hydrogen-bond donors (Lipinski definition) is 0. The van der Waals surface area contributed by atoms with Crippen molar-refractivity contribution in [1.82, 2.24) is 19.7 Å². The largest absolute Gasteiger partial charge is 0.290 e. The Labute approximate surface area is 164 Å². The maximum atomic E-state index is 4.67. The van der Waals surface area contributed by atoms with Crippen molar-refractivity contribution in [2.75, 3.05) is 0 Å². The van der Waals surface area contributed by atoms with E-state index in [1.807, 2.05) is 23.7 Å². The summed E-state index contributed by atoms with van der Waals surface area (Å²) in [5.74, 6) is 0.779. The van der Waals surface area contributed by atoms with Crippen LogP contribution in [0.4, 0.5) is 0 Å². The maximum Gasteiger partial charge on any atom is 0.127 e. The molecule has 0 aliphatic rings. The molecule has 2 aromatic heterocycles. The second-order valence-corrected chi connectivity index (χ2v) is 7.28. The Balaban J connectivity index is 0.00000182. The molecule has 4 rings (SSSR count). The van der Waals surface area contributed by atoms with Crippen LogP contribution in [0.5, 0.6) is 0 Å². The molecular formula is C19H17IrN4S-. The molecule has 4 nitrogen and oxygen atoms in total. The zero-order chi connectivity index (χ0) is 16.8. The van der Waals surface area contributed by atoms with Gasteiger partial charge in [-0.2, -0.15) is 5.10 Å². The van der Waals surface area contributed by atoms with Crippen LogP contribution in [0.2, 0.25) is 0 Å². The summed E-state index contributed by atoms with van der Waals surface area (Å²) in [6.07, 6.45) is 1.60. The first-order valence-electron chi connectivity index (χ1n) is 7.81. The van der Waals surface area contributed by atoms with Crippen molar-refractivity contribution in [3.05, 3.63) is 58.4 Å². The van der Waals surface area contributed by atoms with Crippen LogP contribution < -0.4 is 0 Å². The summed E-state index contributed by atoms with van der Waals surface area (Å²) >= 11 is 1.68. The van der Waals surface area contributed by atoms with Gasteiger partial charge in [-0.25, -0.2) is 0 Å². The molecule has 25 heavy (non-hydrogen) atoms. The SMILES string of the molecule is Cc1cc(C)c(-n2ncnc2-c2[c-]ccc3sc(C)nc23)c(C)c1.[Ir]. The molecule has 2 aromatic carbocycles. The monoisotopic (exact) mass is 526 g/mol. The molecule has 0 atom stereocenters. The number of fused-ring (bicyclic) bond motifs is 1. The minimum Gasteiger partial charge on any atom is -0.290 e. The van der Waals surface area contributed by atoms with Crippen LogP contribution in [-0.2, 0) is 20.1 Å². The van der Waals surface area contributed by atoms with Gasteiger partial charge in [0.1, 0.15) is 6.33 Å². The molecule has 6 heteroatoms. The third-order valence-electron chi connectivity index (χ3n) is 4.08. The average Bonchev–Trinajstić information content (AvgIpc) is 3.11. The predicted octanol–water partition coefficient (Wildman–Crippen LogP) is 4.58. The topological polar surface area (TPSA) is 43.6 Å². The standard InChI is InChI=1S/C19H17N4S.Ir/c1-11-8-12(2)18(13(3)9-11)23-19(20-10-21-23)15-6-5-7-16-17(15)22-14(4)24-16;/h5,7-10H,1-4H3;/q-1;. The summed E-state index contributed by atoms with van der Waals surface area (Å²) in [6, 6.07) is 11.6. The third kappa shape index (κ3) is 3.06. The van der Waals surface area contributed by atoms with Crippen LogP contribution in [-0.4, -0.2) is 19.7 Å². The molecular weight excluding hydrogens is 509 g/mol. The van der Waals surface area contributed by atoms with E-state index < -0.39 is 0 Å². The molecule has 0 unspecified atom stereocenters.